The first-order valence-electron chi connectivity index (χ1n) is 5.98. The zero-order chi connectivity index (χ0) is 12.1. The Hall–Kier alpha value is -1.68. The number of rotatable bonds is 5. The molecule has 17 heavy (non-hydrogen) atoms. The van der Waals surface area contributed by atoms with Gasteiger partial charge in [0.1, 0.15) is 12.2 Å². The van der Waals surface area contributed by atoms with Crippen molar-refractivity contribution in [1.82, 2.24) is 14.8 Å². The van der Waals surface area contributed by atoms with E-state index < -0.39 is 0 Å². The Morgan fingerprint density at radius 2 is 2.06 bits per heavy atom. The van der Waals surface area contributed by atoms with Crippen molar-refractivity contribution in [2.45, 2.75) is 32.4 Å². The number of hydrogen-bond acceptors (Lipinski definition) is 3. The molecule has 0 amide bonds. The second-order valence-corrected chi connectivity index (χ2v) is 4.12. The Balaban J connectivity index is 2.08. The molecule has 2 N–H and O–H groups in total. The maximum atomic E-state index is 6.17. The van der Waals surface area contributed by atoms with Crippen LogP contribution < -0.4 is 5.73 Å². The molecule has 0 radical (unpaired) electrons. The van der Waals surface area contributed by atoms with Gasteiger partial charge in [-0.1, -0.05) is 37.3 Å². The van der Waals surface area contributed by atoms with E-state index in [4.69, 9.17) is 5.73 Å². The summed E-state index contributed by atoms with van der Waals surface area (Å²) < 4.78 is 1.93. The second kappa shape index (κ2) is 5.59. The summed E-state index contributed by atoms with van der Waals surface area (Å²) in [6.45, 7) is 3.03. The Morgan fingerprint density at radius 3 is 2.76 bits per heavy atom. The van der Waals surface area contributed by atoms with Crippen LogP contribution in [0.1, 0.15) is 30.8 Å². The molecule has 2 aromatic rings. The molecule has 0 aliphatic carbocycles. The van der Waals surface area contributed by atoms with E-state index in [1.54, 1.807) is 6.33 Å². The average molecular weight is 230 g/mol. The van der Waals surface area contributed by atoms with Crippen LogP contribution in [0, 0.1) is 0 Å². The van der Waals surface area contributed by atoms with E-state index >= 15 is 0 Å². The first kappa shape index (κ1) is 11.8. The van der Waals surface area contributed by atoms with Gasteiger partial charge in [0.2, 0.25) is 0 Å². The summed E-state index contributed by atoms with van der Waals surface area (Å²) in [6, 6.07) is 10.1. The highest BCUT2D eigenvalue weighted by atomic mass is 15.3. The maximum absolute atomic E-state index is 6.17. The molecule has 1 aromatic carbocycles. The molecule has 1 atom stereocenters. The van der Waals surface area contributed by atoms with Crippen molar-refractivity contribution in [3.8, 4) is 0 Å². The van der Waals surface area contributed by atoms with Crippen LogP contribution in [0.3, 0.4) is 0 Å². The molecule has 1 unspecified atom stereocenters. The van der Waals surface area contributed by atoms with Gasteiger partial charge in [-0.05, 0) is 12.0 Å². The van der Waals surface area contributed by atoms with Crippen molar-refractivity contribution >= 4 is 0 Å². The van der Waals surface area contributed by atoms with E-state index in [9.17, 15) is 0 Å². The van der Waals surface area contributed by atoms with Crippen molar-refractivity contribution in [3.63, 3.8) is 0 Å². The Kier molecular flexibility index (Phi) is 3.88. The lowest BCUT2D eigenvalue weighted by molar-refractivity contribution is 0.548. The van der Waals surface area contributed by atoms with Crippen molar-refractivity contribution in [3.05, 3.63) is 48.0 Å². The number of nitrogens with zero attached hydrogens (tertiary/aromatic N) is 3. The monoisotopic (exact) mass is 230 g/mol. The largest absolute Gasteiger partial charge is 0.324 e. The molecule has 0 saturated heterocycles. The lowest BCUT2D eigenvalue weighted by atomic mass is 10.0. The van der Waals surface area contributed by atoms with Gasteiger partial charge in [0.05, 0.1) is 0 Å². The minimum absolute atomic E-state index is 0.0176. The lowest BCUT2D eigenvalue weighted by Crippen LogP contribution is -2.17. The van der Waals surface area contributed by atoms with E-state index in [1.165, 1.54) is 0 Å². The number of hydrogen-bond donors (Lipinski definition) is 1. The van der Waals surface area contributed by atoms with Gasteiger partial charge >= 0.3 is 0 Å². The summed E-state index contributed by atoms with van der Waals surface area (Å²) in [7, 11) is 0. The fourth-order valence-electron chi connectivity index (χ4n) is 1.86. The molecule has 4 nitrogen and oxygen atoms in total. The van der Waals surface area contributed by atoms with Crippen molar-refractivity contribution in [1.29, 1.82) is 0 Å². The zero-order valence-corrected chi connectivity index (χ0v) is 10.1. The van der Waals surface area contributed by atoms with Gasteiger partial charge < -0.3 is 5.73 Å². The third-order valence-electron chi connectivity index (χ3n) is 2.76. The van der Waals surface area contributed by atoms with E-state index in [2.05, 4.69) is 17.0 Å². The molecule has 0 bridgehead atoms. The summed E-state index contributed by atoms with van der Waals surface area (Å²) in [5.74, 6) is 0.961. The quantitative estimate of drug-likeness (QED) is 0.854. The highest BCUT2D eigenvalue weighted by Crippen LogP contribution is 2.14. The third-order valence-corrected chi connectivity index (χ3v) is 2.76. The van der Waals surface area contributed by atoms with Crippen LogP contribution in [0.15, 0.2) is 36.7 Å². The molecule has 4 heteroatoms. The fourth-order valence-corrected chi connectivity index (χ4v) is 1.86. The first-order valence-corrected chi connectivity index (χ1v) is 5.98. The summed E-state index contributed by atoms with van der Waals surface area (Å²) in [4.78, 5) is 4.27. The third kappa shape index (κ3) is 2.91. The maximum Gasteiger partial charge on any atom is 0.138 e. The summed E-state index contributed by atoms with van der Waals surface area (Å²) in [5.41, 5.74) is 7.31. The van der Waals surface area contributed by atoms with Gasteiger partial charge in [-0.15, -0.1) is 0 Å². The standard InChI is InChI=1S/C13H18N4/c1-2-8-17-13(15-10-16-17)9-12(14)11-6-4-3-5-7-11/h3-7,10,12H,2,8-9,14H2,1H3. The highest BCUT2D eigenvalue weighted by molar-refractivity contribution is 5.19. The van der Waals surface area contributed by atoms with Crippen molar-refractivity contribution in [2.75, 3.05) is 0 Å². The molecule has 0 fully saturated rings. The lowest BCUT2D eigenvalue weighted by Gasteiger charge is -2.12. The number of aryl methyl sites for hydroxylation is 1. The normalized spacial score (nSPS) is 12.6. The Labute approximate surface area is 101 Å². The van der Waals surface area contributed by atoms with Gasteiger partial charge in [0.25, 0.3) is 0 Å². The first-order chi connectivity index (χ1) is 8.31. The molecule has 0 aliphatic rings. The second-order valence-electron chi connectivity index (χ2n) is 4.12. The summed E-state index contributed by atoms with van der Waals surface area (Å²) in [5, 5.41) is 4.20. The van der Waals surface area contributed by atoms with Crippen molar-refractivity contribution < 1.29 is 0 Å². The van der Waals surface area contributed by atoms with Crippen LogP contribution in [0.5, 0.6) is 0 Å². The van der Waals surface area contributed by atoms with Crippen LogP contribution in [0.4, 0.5) is 0 Å². The summed E-state index contributed by atoms with van der Waals surface area (Å²) in [6.07, 6.45) is 3.38. The fraction of sp³-hybridized carbons (Fsp3) is 0.385. The average Bonchev–Trinajstić information content (AvgIpc) is 2.78. The molecule has 2 rings (SSSR count). The topological polar surface area (TPSA) is 56.7 Å². The minimum atomic E-state index is -0.0176. The molecular formula is C13H18N4. The van der Waals surface area contributed by atoms with Gasteiger partial charge in [0, 0.05) is 19.0 Å². The van der Waals surface area contributed by atoms with Crippen molar-refractivity contribution in [2.24, 2.45) is 5.73 Å². The van der Waals surface area contributed by atoms with Gasteiger partial charge in [-0.2, -0.15) is 5.10 Å². The van der Waals surface area contributed by atoms with Crippen LogP contribution in [0.25, 0.3) is 0 Å². The van der Waals surface area contributed by atoms with Crippen LogP contribution in [-0.4, -0.2) is 14.8 Å². The SMILES string of the molecule is CCCn1ncnc1CC(N)c1ccccc1. The zero-order valence-electron chi connectivity index (χ0n) is 10.1. The van der Waals surface area contributed by atoms with E-state index in [0.29, 0.717) is 0 Å². The molecule has 0 saturated carbocycles. The van der Waals surface area contributed by atoms with E-state index in [0.717, 1.165) is 30.8 Å². The van der Waals surface area contributed by atoms with Crippen LogP contribution in [-0.2, 0) is 13.0 Å². The van der Waals surface area contributed by atoms with Gasteiger partial charge in [0.15, 0.2) is 0 Å². The predicted octanol–water partition coefficient (Wildman–Crippen LogP) is 1.93. The number of nitrogens with two attached hydrogens (primary N) is 1. The van der Waals surface area contributed by atoms with E-state index in [-0.39, 0.29) is 6.04 Å². The summed E-state index contributed by atoms with van der Waals surface area (Å²) >= 11 is 0. The number of aromatic nitrogens is 3. The van der Waals surface area contributed by atoms with Gasteiger partial charge in [-0.3, -0.25) is 4.68 Å². The van der Waals surface area contributed by atoms with Crippen LogP contribution >= 0.6 is 0 Å². The molecular weight excluding hydrogens is 212 g/mol. The highest BCUT2D eigenvalue weighted by Gasteiger charge is 2.11. The Bertz CT molecular complexity index is 449. The Morgan fingerprint density at radius 1 is 1.29 bits per heavy atom. The minimum Gasteiger partial charge on any atom is -0.324 e. The molecule has 0 aliphatic heterocycles. The predicted molar refractivity (Wildman–Crippen MR) is 67.4 cm³/mol. The molecule has 1 aromatic heterocycles. The molecule has 0 spiro atoms. The molecule has 90 valence electrons. The van der Waals surface area contributed by atoms with Crippen LogP contribution in [0.2, 0.25) is 0 Å². The number of benzene rings is 1. The van der Waals surface area contributed by atoms with E-state index in [1.807, 2.05) is 35.0 Å². The molecule has 1 heterocycles. The smallest absolute Gasteiger partial charge is 0.138 e. The van der Waals surface area contributed by atoms with Gasteiger partial charge in [-0.25, -0.2) is 4.98 Å².